The van der Waals surface area contributed by atoms with Crippen LogP contribution >= 0.6 is 0 Å². The maximum absolute atomic E-state index is 14.9. The monoisotopic (exact) mass is 460 g/mol. The number of nitrogens with zero attached hydrogens (tertiary/aromatic N) is 2. The van der Waals surface area contributed by atoms with Crippen LogP contribution in [0, 0.1) is 13.8 Å². The highest BCUT2D eigenvalue weighted by molar-refractivity contribution is 7.90. The first-order valence-electron chi connectivity index (χ1n) is 10.0. The van der Waals surface area contributed by atoms with E-state index in [2.05, 4.69) is 0 Å². The lowest BCUT2D eigenvalue weighted by atomic mass is 9.99. The van der Waals surface area contributed by atoms with E-state index in [1.807, 2.05) is 0 Å². The van der Waals surface area contributed by atoms with E-state index in [4.69, 9.17) is 4.74 Å². The third kappa shape index (κ3) is 5.79. The second-order valence-electron chi connectivity index (χ2n) is 8.85. The van der Waals surface area contributed by atoms with Gasteiger partial charge in [0.15, 0.2) is 0 Å². The number of hydrogen-bond donors (Lipinski definition) is 0. The van der Waals surface area contributed by atoms with E-state index >= 15 is 0 Å². The summed E-state index contributed by atoms with van der Waals surface area (Å²) in [4.78, 5) is 24.9. The molecule has 0 bridgehead atoms. The van der Waals surface area contributed by atoms with Gasteiger partial charge in [0, 0.05) is 38.7 Å². The molecule has 1 aliphatic rings. The van der Waals surface area contributed by atoms with Gasteiger partial charge in [-0.1, -0.05) is 0 Å². The third-order valence-electron chi connectivity index (χ3n) is 5.12. The molecule has 174 valence electrons. The predicted molar refractivity (Wildman–Crippen MR) is 114 cm³/mol. The number of aryl methyl sites for hydroxylation is 2. The minimum Gasteiger partial charge on any atom is -0.443 e. The summed E-state index contributed by atoms with van der Waals surface area (Å²) in [5.74, 6) is -0.133. The van der Waals surface area contributed by atoms with Crippen LogP contribution in [0.15, 0.2) is 12.1 Å². The second kappa shape index (κ2) is 8.82. The van der Waals surface area contributed by atoms with Crippen LogP contribution in [0.4, 0.5) is 19.3 Å². The summed E-state index contributed by atoms with van der Waals surface area (Å²) < 4.78 is 60.9. The van der Waals surface area contributed by atoms with Crippen LogP contribution in [0.5, 0.6) is 0 Å². The first kappa shape index (κ1) is 25.2. The Kier molecular flexibility index (Phi) is 7.17. The lowest BCUT2D eigenvalue weighted by Gasteiger charge is -2.30. The SMILES string of the molecule is Cc1cc(N(C)C(=O)OC(C)(C)C)cc(C)c1CC(F)(F)S(=O)(=O)N1CCC(=O)CC1. The van der Waals surface area contributed by atoms with Crippen LogP contribution in [-0.2, 0) is 26.0 Å². The van der Waals surface area contributed by atoms with Gasteiger partial charge < -0.3 is 4.74 Å². The zero-order valence-electron chi connectivity index (χ0n) is 18.8. The second-order valence-corrected chi connectivity index (χ2v) is 10.9. The summed E-state index contributed by atoms with van der Waals surface area (Å²) in [6.45, 7) is 7.94. The van der Waals surface area contributed by atoms with Gasteiger partial charge in [0.25, 0.3) is 10.0 Å². The summed E-state index contributed by atoms with van der Waals surface area (Å²) in [6, 6.07) is 3.10. The predicted octanol–water partition coefficient (Wildman–Crippen LogP) is 3.80. The zero-order chi connectivity index (χ0) is 23.8. The Hall–Kier alpha value is -2.07. The number of amides is 1. The van der Waals surface area contributed by atoms with Crippen molar-refractivity contribution in [1.29, 1.82) is 0 Å². The highest BCUT2D eigenvalue weighted by Gasteiger charge is 2.49. The molecule has 1 aromatic rings. The largest absolute Gasteiger partial charge is 0.443 e. The molecule has 1 aromatic carbocycles. The number of piperidine rings is 1. The molecule has 1 amide bonds. The Balaban J connectivity index is 2.27. The van der Waals surface area contributed by atoms with Crippen molar-refractivity contribution in [2.24, 2.45) is 0 Å². The Morgan fingerprint density at radius 2 is 1.61 bits per heavy atom. The van der Waals surface area contributed by atoms with Gasteiger partial charge >= 0.3 is 11.3 Å². The van der Waals surface area contributed by atoms with Crippen molar-refractivity contribution in [3.63, 3.8) is 0 Å². The average molecular weight is 461 g/mol. The lowest BCUT2D eigenvalue weighted by molar-refractivity contribution is -0.120. The highest BCUT2D eigenvalue weighted by Crippen LogP contribution is 2.34. The molecule has 1 heterocycles. The number of ketones is 1. The molecule has 10 heteroatoms. The fraction of sp³-hybridized carbons (Fsp3) is 0.619. The standard InChI is InChI=1S/C21H30F2N2O5S/c1-14-11-16(24(6)19(27)30-20(3,4)5)12-15(2)18(14)13-21(22,23)31(28,29)25-9-7-17(26)8-10-25/h11-12H,7-10,13H2,1-6H3. The molecule has 0 N–H and O–H groups in total. The first-order chi connectivity index (χ1) is 14.0. The molecule has 0 aliphatic carbocycles. The van der Waals surface area contributed by atoms with Crippen molar-refractivity contribution in [3.05, 3.63) is 28.8 Å². The van der Waals surface area contributed by atoms with Crippen LogP contribution in [0.3, 0.4) is 0 Å². The fourth-order valence-electron chi connectivity index (χ4n) is 3.34. The molecule has 31 heavy (non-hydrogen) atoms. The van der Waals surface area contributed by atoms with Gasteiger partial charge in [-0.05, 0) is 63.4 Å². The highest BCUT2D eigenvalue weighted by atomic mass is 32.2. The minimum atomic E-state index is -4.91. The number of ether oxygens (including phenoxy) is 1. The number of anilines is 1. The Bertz CT molecular complexity index is 937. The van der Waals surface area contributed by atoms with E-state index in [9.17, 15) is 26.8 Å². The van der Waals surface area contributed by atoms with E-state index in [1.165, 1.54) is 11.9 Å². The molecule has 2 rings (SSSR count). The third-order valence-corrected chi connectivity index (χ3v) is 7.06. The Morgan fingerprint density at radius 1 is 1.13 bits per heavy atom. The number of hydrogen-bond acceptors (Lipinski definition) is 5. The van der Waals surface area contributed by atoms with Gasteiger partial charge in [-0.3, -0.25) is 9.69 Å². The number of sulfonamides is 1. The number of alkyl halides is 2. The lowest BCUT2D eigenvalue weighted by Crippen LogP contribution is -2.47. The molecular formula is C21H30F2N2O5S. The number of rotatable bonds is 5. The number of halogens is 2. The number of carbonyl (C=O) groups is 2. The van der Waals surface area contributed by atoms with Crippen molar-refractivity contribution in [1.82, 2.24) is 4.31 Å². The average Bonchev–Trinajstić information content (AvgIpc) is 2.62. The number of Topliss-reactive ketones (excluding diaryl/α,β-unsaturated/α-hetero) is 1. The molecule has 0 atom stereocenters. The fourth-order valence-corrected chi connectivity index (χ4v) is 4.71. The van der Waals surface area contributed by atoms with Crippen LogP contribution in [0.25, 0.3) is 0 Å². The molecule has 0 radical (unpaired) electrons. The van der Waals surface area contributed by atoms with Crippen LogP contribution in [0.2, 0.25) is 0 Å². The van der Waals surface area contributed by atoms with Crippen molar-refractivity contribution in [3.8, 4) is 0 Å². The first-order valence-corrected chi connectivity index (χ1v) is 11.5. The van der Waals surface area contributed by atoms with Gasteiger partial charge in [0.05, 0.1) is 6.42 Å². The molecule has 0 unspecified atom stereocenters. The van der Waals surface area contributed by atoms with Crippen LogP contribution < -0.4 is 4.90 Å². The number of benzene rings is 1. The van der Waals surface area contributed by atoms with Gasteiger partial charge in [-0.15, -0.1) is 0 Å². The maximum atomic E-state index is 14.9. The summed E-state index contributed by atoms with van der Waals surface area (Å²) in [5, 5.41) is -4.03. The van der Waals surface area contributed by atoms with E-state index in [-0.39, 0.29) is 37.3 Å². The van der Waals surface area contributed by atoms with Crippen LogP contribution in [0.1, 0.15) is 50.3 Å². The van der Waals surface area contributed by atoms with Gasteiger partial charge in [0.1, 0.15) is 11.4 Å². The zero-order valence-corrected chi connectivity index (χ0v) is 19.6. The van der Waals surface area contributed by atoms with Crippen molar-refractivity contribution < 1.29 is 31.5 Å². The van der Waals surface area contributed by atoms with Gasteiger partial charge in [0.2, 0.25) is 0 Å². The topological polar surface area (TPSA) is 84.0 Å². The Morgan fingerprint density at radius 3 is 2.06 bits per heavy atom. The number of carbonyl (C=O) groups excluding carboxylic acids is 2. The normalized spacial score (nSPS) is 16.3. The molecule has 7 nitrogen and oxygen atoms in total. The van der Waals surface area contributed by atoms with E-state index < -0.39 is 33.4 Å². The quantitative estimate of drug-likeness (QED) is 0.667. The van der Waals surface area contributed by atoms with Gasteiger partial charge in [-0.25, -0.2) is 13.2 Å². The maximum Gasteiger partial charge on any atom is 0.414 e. The molecule has 0 spiro atoms. The minimum absolute atomic E-state index is 0.0565. The summed E-state index contributed by atoms with van der Waals surface area (Å²) in [5.41, 5.74) is 0.838. The van der Waals surface area contributed by atoms with Crippen molar-refractivity contribution in [2.45, 2.75) is 64.7 Å². The van der Waals surface area contributed by atoms with Crippen molar-refractivity contribution in [2.75, 3.05) is 25.0 Å². The van der Waals surface area contributed by atoms with Crippen molar-refractivity contribution >= 4 is 27.6 Å². The molecule has 1 saturated heterocycles. The van der Waals surface area contributed by atoms with Crippen LogP contribution in [-0.4, -0.2) is 55.6 Å². The van der Waals surface area contributed by atoms with E-state index in [1.54, 1.807) is 46.8 Å². The van der Waals surface area contributed by atoms with Gasteiger partial charge in [-0.2, -0.15) is 13.1 Å². The Labute approximate surface area is 182 Å². The smallest absolute Gasteiger partial charge is 0.414 e. The summed E-state index contributed by atoms with van der Waals surface area (Å²) >= 11 is 0. The van der Waals surface area contributed by atoms with E-state index in [0.717, 1.165) is 0 Å². The molecule has 1 aliphatic heterocycles. The molecule has 0 saturated carbocycles. The molecular weight excluding hydrogens is 430 g/mol. The summed E-state index contributed by atoms with van der Waals surface area (Å²) in [7, 11) is -3.40. The molecule has 0 aromatic heterocycles. The summed E-state index contributed by atoms with van der Waals surface area (Å²) in [6.07, 6.45) is -1.70. The molecule has 1 fully saturated rings. The van der Waals surface area contributed by atoms with E-state index in [0.29, 0.717) is 21.1 Å².